The standard InChI is InChI=1S/C15H18N4O.2ClH/c1-10-7-11(2)19(18-10)9-15(20)17-13-3-4-14-12(8-13)5-6-16-14;;/h3-4,7-8,16H,5-6,9H2,1-2H3,(H,17,20);2*1H. The van der Waals surface area contributed by atoms with Crippen LogP contribution in [0.3, 0.4) is 0 Å². The molecule has 2 N–H and O–H groups in total. The number of carbonyl (C=O) groups is 1. The van der Waals surface area contributed by atoms with E-state index in [0.29, 0.717) is 0 Å². The van der Waals surface area contributed by atoms with Crippen molar-refractivity contribution in [1.29, 1.82) is 0 Å². The lowest BCUT2D eigenvalue weighted by Gasteiger charge is -2.08. The Kier molecular flexibility index (Phi) is 6.26. The Balaban J connectivity index is 0.00000121. The first-order valence-corrected chi connectivity index (χ1v) is 6.79. The summed E-state index contributed by atoms with van der Waals surface area (Å²) < 4.78 is 1.72. The molecule has 0 saturated heterocycles. The summed E-state index contributed by atoms with van der Waals surface area (Å²) in [6, 6.07) is 7.94. The highest BCUT2D eigenvalue weighted by molar-refractivity contribution is 5.91. The monoisotopic (exact) mass is 342 g/mol. The van der Waals surface area contributed by atoms with Gasteiger partial charge in [0.25, 0.3) is 0 Å². The second-order valence-corrected chi connectivity index (χ2v) is 5.18. The van der Waals surface area contributed by atoms with E-state index in [1.54, 1.807) is 4.68 Å². The first kappa shape index (κ1) is 18.3. The molecule has 0 atom stereocenters. The summed E-state index contributed by atoms with van der Waals surface area (Å²) in [6.07, 6.45) is 1.01. The van der Waals surface area contributed by atoms with Gasteiger partial charge in [0, 0.05) is 23.6 Å². The van der Waals surface area contributed by atoms with Gasteiger partial charge in [-0.15, -0.1) is 24.8 Å². The maximum absolute atomic E-state index is 12.1. The van der Waals surface area contributed by atoms with Crippen LogP contribution >= 0.6 is 24.8 Å². The molecule has 0 bridgehead atoms. The van der Waals surface area contributed by atoms with Crippen molar-refractivity contribution in [3.63, 3.8) is 0 Å². The Labute approximate surface area is 142 Å². The van der Waals surface area contributed by atoms with Gasteiger partial charge in [-0.2, -0.15) is 5.10 Å². The number of amides is 1. The maximum atomic E-state index is 12.1. The number of nitrogens with zero attached hydrogens (tertiary/aromatic N) is 2. The molecule has 1 aromatic carbocycles. The van der Waals surface area contributed by atoms with Gasteiger partial charge in [0.1, 0.15) is 6.54 Å². The average molecular weight is 343 g/mol. The summed E-state index contributed by atoms with van der Waals surface area (Å²) in [6.45, 7) is 5.09. The van der Waals surface area contributed by atoms with Crippen LogP contribution in [-0.2, 0) is 17.8 Å². The van der Waals surface area contributed by atoms with E-state index >= 15 is 0 Å². The Morgan fingerprint density at radius 1 is 1.32 bits per heavy atom. The zero-order chi connectivity index (χ0) is 14.1. The van der Waals surface area contributed by atoms with Crippen molar-refractivity contribution in [3.05, 3.63) is 41.2 Å². The van der Waals surface area contributed by atoms with Crippen molar-refractivity contribution in [3.8, 4) is 0 Å². The van der Waals surface area contributed by atoms with Crippen molar-refractivity contribution in [2.24, 2.45) is 0 Å². The van der Waals surface area contributed by atoms with Crippen LogP contribution in [0.25, 0.3) is 0 Å². The zero-order valence-electron chi connectivity index (χ0n) is 12.5. The molecule has 1 aromatic heterocycles. The van der Waals surface area contributed by atoms with Crippen molar-refractivity contribution >= 4 is 42.1 Å². The van der Waals surface area contributed by atoms with Crippen LogP contribution < -0.4 is 10.6 Å². The van der Waals surface area contributed by atoms with Gasteiger partial charge >= 0.3 is 0 Å². The normalized spacial score (nSPS) is 11.7. The van der Waals surface area contributed by atoms with Crippen LogP contribution in [0, 0.1) is 13.8 Å². The number of halogens is 2. The predicted octanol–water partition coefficient (Wildman–Crippen LogP) is 2.95. The summed E-state index contributed by atoms with van der Waals surface area (Å²) in [5, 5.41) is 10.5. The number of rotatable bonds is 3. The van der Waals surface area contributed by atoms with E-state index in [0.717, 1.165) is 30.0 Å². The molecule has 120 valence electrons. The minimum atomic E-state index is -0.0536. The van der Waals surface area contributed by atoms with Crippen LogP contribution in [0.2, 0.25) is 0 Å². The predicted molar refractivity (Wildman–Crippen MR) is 93.5 cm³/mol. The first-order chi connectivity index (χ1) is 9.61. The average Bonchev–Trinajstić information content (AvgIpc) is 2.96. The molecule has 0 spiro atoms. The quantitative estimate of drug-likeness (QED) is 0.901. The second-order valence-electron chi connectivity index (χ2n) is 5.18. The minimum absolute atomic E-state index is 0. The Bertz CT molecular complexity index is 670. The SMILES string of the molecule is Cc1cc(C)n(CC(=O)Nc2ccc3c(c2)CCN3)n1.Cl.Cl. The highest BCUT2D eigenvalue weighted by Gasteiger charge is 2.12. The van der Waals surface area contributed by atoms with Crippen molar-refractivity contribution in [2.75, 3.05) is 17.2 Å². The van der Waals surface area contributed by atoms with Crippen LogP contribution in [0.5, 0.6) is 0 Å². The number of benzene rings is 1. The fraction of sp³-hybridized carbons (Fsp3) is 0.333. The minimum Gasteiger partial charge on any atom is -0.384 e. The molecule has 7 heteroatoms. The molecule has 0 unspecified atom stereocenters. The van der Waals surface area contributed by atoms with E-state index in [1.165, 1.54) is 11.3 Å². The van der Waals surface area contributed by atoms with E-state index < -0.39 is 0 Å². The van der Waals surface area contributed by atoms with Crippen molar-refractivity contribution in [2.45, 2.75) is 26.8 Å². The Morgan fingerprint density at radius 2 is 2.09 bits per heavy atom. The summed E-state index contributed by atoms with van der Waals surface area (Å²) in [7, 11) is 0. The van der Waals surface area contributed by atoms with E-state index in [9.17, 15) is 4.79 Å². The number of aromatic nitrogens is 2. The van der Waals surface area contributed by atoms with Gasteiger partial charge in [-0.3, -0.25) is 9.48 Å². The molecule has 0 fully saturated rings. The lowest BCUT2D eigenvalue weighted by atomic mass is 10.1. The van der Waals surface area contributed by atoms with E-state index in [4.69, 9.17) is 0 Å². The molecule has 0 saturated carbocycles. The first-order valence-electron chi connectivity index (χ1n) is 6.79. The number of anilines is 2. The zero-order valence-corrected chi connectivity index (χ0v) is 14.2. The van der Waals surface area contributed by atoms with Gasteiger partial charge in [0.05, 0.1) is 5.69 Å². The lowest BCUT2D eigenvalue weighted by molar-refractivity contribution is -0.116. The van der Waals surface area contributed by atoms with Crippen LogP contribution in [0.15, 0.2) is 24.3 Å². The third-order valence-corrected chi connectivity index (χ3v) is 3.50. The fourth-order valence-corrected chi connectivity index (χ4v) is 2.55. The number of hydrogen-bond donors (Lipinski definition) is 2. The molecule has 1 amide bonds. The maximum Gasteiger partial charge on any atom is 0.246 e. The van der Waals surface area contributed by atoms with Gasteiger partial charge in [-0.1, -0.05) is 0 Å². The van der Waals surface area contributed by atoms with Gasteiger partial charge < -0.3 is 10.6 Å². The molecular formula is C15H20Cl2N4O. The Hall–Kier alpha value is -1.72. The number of aryl methyl sites for hydroxylation is 2. The van der Waals surface area contributed by atoms with Gasteiger partial charge in [-0.05, 0) is 50.1 Å². The number of nitrogens with one attached hydrogen (secondary N) is 2. The molecule has 22 heavy (non-hydrogen) atoms. The summed E-state index contributed by atoms with van der Waals surface area (Å²) in [5.74, 6) is -0.0536. The molecular weight excluding hydrogens is 323 g/mol. The topological polar surface area (TPSA) is 59.0 Å². The molecule has 0 aliphatic carbocycles. The summed E-state index contributed by atoms with van der Waals surface area (Å²) in [4.78, 5) is 12.1. The van der Waals surface area contributed by atoms with Crippen LogP contribution in [0.1, 0.15) is 17.0 Å². The van der Waals surface area contributed by atoms with Gasteiger partial charge in [0.2, 0.25) is 5.91 Å². The third kappa shape index (κ3) is 3.93. The molecule has 5 nitrogen and oxygen atoms in total. The number of fused-ring (bicyclic) bond motifs is 1. The van der Waals surface area contributed by atoms with Gasteiger partial charge in [0.15, 0.2) is 0 Å². The second kappa shape index (κ2) is 7.51. The van der Waals surface area contributed by atoms with E-state index in [2.05, 4.69) is 15.7 Å². The third-order valence-electron chi connectivity index (χ3n) is 3.50. The molecule has 0 radical (unpaired) electrons. The van der Waals surface area contributed by atoms with Gasteiger partial charge in [-0.25, -0.2) is 0 Å². The molecule has 2 heterocycles. The summed E-state index contributed by atoms with van der Waals surface area (Å²) >= 11 is 0. The molecule has 1 aliphatic heterocycles. The highest BCUT2D eigenvalue weighted by Crippen LogP contribution is 2.25. The summed E-state index contributed by atoms with van der Waals surface area (Å²) in [5.41, 5.74) is 5.20. The highest BCUT2D eigenvalue weighted by atomic mass is 35.5. The van der Waals surface area contributed by atoms with Crippen LogP contribution in [0.4, 0.5) is 11.4 Å². The van der Waals surface area contributed by atoms with E-state index in [1.807, 2.05) is 38.1 Å². The van der Waals surface area contributed by atoms with Crippen molar-refractivity contribution in [1.82, 2.24) is 9.78 Å². The largest absolute Gasteiger partial charge is 0.384 e. The lowest BCUT2D eigenvalue weighted by Crippen LogP contribution is -2.20. The number of carbonyl (C=O) groups excluding carboxylic acids is 1. The van der Waals surface area contributed by atoms with Crippen molar-refractivity contribution < 1.29 is 4.79 Å². The molecule has 3 rings (SSSR count). The number of hydrogen-bond acceptors (Lipinski definition) is 3. The Morgan fingerprint density at radius 3 is 2.77 bits per heavy atom. The fourth-order valence-electron chi connectivity index (χ4n) is 2.55. The van der Waals surface area contributed by atoms with Crippen LogP contribution in [-0.4, -0.2) is 22.2 Å². The van der Waals surface area contributed by atoms with E-state index in [-0.39, 0.29) is 37.3 Å². The smallest absolute Gasteiger partial charge is 0.246 e. The molecule has 1 aliphatic rings. The molecule has 2 aromatic rings.